The molecule has 0 bridgehead atoms. The molecule has 2 aromatic rings. The van der Waals surface area contributed by atoms with E-state index in [1.807, 2.05) is 5.38 Å². The van der Waals surface area contributed by atoms with E-state index in [9.17, 15) is 9.59 Å². The molecule has 2 aromatic heterocycles. The van der Waals surface area contributed by atoms with Crippen LogP contribution in [0.25, 0.3) is 10.2 Å². The molecule has 0 saturated carbocycles. The zero-order valence-electron chi connectivity index (χ0n) is 10.2. The molecule has 19 heavy (non-hydrogen) atoms. The van der Waals surface area contributed by atoms with Crippen LogP contribution in [0.2, 0.25) is 0 Å². The van der Waals surface area contributed by atoms with Crippen molar-refractivity contribution in [2.75, 3.05) is 13.1 Å². The number of β-amino-alcohol motifs (C(OH)–C–C–N with tert-alkyl or cyclic N) is 1. The minimum atomic E-state index is -0.393. The molecule has 6 nitrogen and oxygen atoms in total. The number of likely N-dealkylation sites (tertiary alicyclic amines) is 1. The van der Waals surface area contributed by atoms with E-state index < -0.39 is 6.10 Å². The Kier molecular flexibility index (Phi) is 3.08. The molecule has 1 fully saturated rings. The lowest BCUT2D eigenvalue weighted by atomic mass is 10.1. The first-order valence-electron chi connectivity index (χ1n) is 6.03. The molecule has 1 aliphatic heterocycles. The summed E-state index contributed by atoms with van der Waals surface area (Å²) in [7, 11) is 0. The van der Waals surface area contributed by atoms with Crippen molar-refractivity contribution in [3.8, 4) is 0 Å². The van der Waals surface area contributed by atoms with Gasteiger partial charge in [0.15, 0.2) is 0 Å². The smallest absolute Gasteiger partial charge is 0.262 e. The molecule has 1 amide bonds. The van der Waals surface area contributed by atoms with Crippen LogP contribution >= 0.6 is 11.3 Å². The number of carbonyl (C=O) groups is 1. The first-order valence-corrected chi connectivity index (χ1v) is 6.91. The van der Waals surface area contributed by atoms with Gasteiger partial charge in [-0.2, -0.15) is 0 Å². The summed E-state index contributed by atoms with van der Waals surface area (Å²) in [4.78, 5) is 30.3. The highest BCUT2D eigenvalue weighted by Gasteiger charge is 2.28. The van der Waals surface area contributed by atoms with Gasteiger partial charge in [-0.25, -0.2) is 4.98 Å². The second kappa shape index (κ2) is 4.75. The Labute approximate surface area is 112 Å². The van der Waals surface area contributed by atoms with Crippen LogP contribution in [0.5, 0.6) is 0 Å². The molecule has 0 unspecified atom stereocenters. The topological polar surface area (TPSA) is 75.4 Å². The molecule has 0 aliphatic carbocycles. The first kappa shape index (κ1) is 12.3. The van der Waals surface area contributed by atoms with Gasteiger partial charge in [-0.05, 0) is 11.4 Å². The van der Waals surface area contributed by atoms with Gasteiger partial charge in [0.25, 0.3) is 5.56 Å². The Balaban J connectivity index is 1.70. The van der Waals surface area contributed by atoms with Crippen molar-refractivity contribution in [2.24, 2.45) is 0 Å². The predicted octanol–water partition coefficient (Wildman–Crippen LogP) is 0.0512. The van der Waals surface area contributed by atoms with Crippen molar-refractivity contribution in [1.82, 2.24) is 14.5 Å². The van der Waals surface area contributed by atoms with Crippen LogP contribution in [0.3, 0.4) is 0 Å². The van der Waals surface area contributed by atoms with Crippen LogP contribution in [0.15, 0.2) is 22.6 Å². The molecule has 1 N–H and O–H groups in total. The molecule has 1 aliphatic rings. The number of nitrogens with zero attached hydrogens (tertiary/aromatic N) is 3. The number of aliphatic hydroxyl groups is 1. The number of hydrogen-bond donors (Lipinski definition) is 1. The largest absolute Gasteiger partial charge is 0.389 e. The van der Waals surface area contributed by atoms with Gasteiger partial charge >= 0.3 is 0 Å². The van der Waals surface area contributed by atoms with Gasteiger partial charge in [-0.1, -0.05) is 0 Å². The van der Waals surface area contributed by atoms with E-state index in [-0.39, 0.29) is 17.9 Å². The zero-order valence-corrected chi connectivity index (χ0v) is 11.0. The summed E-state index contributed by atoms with van der Waals surface area (Å²) in [6, 6.07) is 1.75. The summed E-state index contributed by atoms with van der Waals surface area (Å²) >= 11 is 1.43. The molecule has 3 rings (SSSR count). The SMILES string of the molecule is O=C(CCn1cnc2sccc2c1=O)N1CC(O)C1. The second-order valence-electron chi connectivity index (χ2n) is 4.59. The van der Waals surface area contributed by atoms with Gasteiger partial charge in [-0.3, -0.25) is 14.2 Å². The fourth-order valence-corrected chi connectivity index (χ4v) is 2.81. The van der Waals surface area contributed by atoms with Crippen LogP contribution in [0.4, 0.5) is 0 Å². The van der Waals surface area contributed by atoms with Crippen LogP contribution < -0.4 is 5.56 Å². The van der Waals surface area contributed by atoms with Crippen LogP contribution in [-0.4, -0.2) is 44.7 Å². The van der Waals surface area contributed by atoms with Crippen molar-refractivity contribution in [2.45, 2.75) is 19.1 Å². The van der Waals surface area contributed by atoms with Crippen molar-refractivity contribution in [3.63, 3.8) is 0 Å². The highest BCUT2D eigenvalue weighted by atomic mass is 32.1. The molecular weight excluding hydrogens is 266 g/mol. The maximum atomic E-state index is 12.1. The molecule has 0 aromatic carbocycles. The Morgan fingerprint density at radius 1 is 1.53 bits per heavy atom. The third-order valence-corrected chi connectivity index (χ3v) is 4.05. The van der Waals surface area contributed by atoms with Gasteiger partial charge < -0.3 is 10.0 Å². The lowest BCUT2D eigenvalue weighted by Gasteiger charge is -2.35. The highest BCUT2D eigenvalue weighted by Crippen LogP contribution is 2.13. The van der Waals surface area contributed by atoms with Gasteiger partial charge in [0.1, 0.15) is 4.83 Å². The van der Waals surface area contributed by atoms with Crippen molar-refractivity contribution in [1.29, 1.82) is 0 Å². The Hall–Kier alpha value is -1.73. The lowest BCUT2D eigenvalue weighted by molar-refractivity contribution is -0.141. The first-order chi connectivity index (χ1) is 9.15. The molecule has 3 heterocycles. The highest BCUT2D eigenvalue weighted by molar-refractivity contribution is 7.16. The minimum Gasteiger partial charge on any atom is -0.389 e. The summed E-state index contributed by atoms with van der Waals surface area (Å²) in [5.74, 6) is -0.0392. The number of fused-ring (bicyclic) bond motifs is 1. The molecule has 7 heteroatoms. The van der Waals surface area contributed by atoms with Crippen molar-refractivity contribution >= 4 is 27.5 Å². The maximum absolute atomic E-state index is 12.1. The van der Waals surface area contributed by atoms with Gasteiger partial charge in [0.2, 0.25) is 5.91 Å². The van der Waals surface area contributed by atoms with E-state index in [4.69, 9.17) is 5.11 Å². The number of aryl methyl sites for hydroxylation is 1. The molecule has 100 valence electrons. The monoisotopic (exact) mass is 279 g/mol. The molecule has 0 spiro atoms. The fraction of sp³-hybridized carbons (Fsp3) is 0.417. The number of amides is 1. The maximum Gasteiger partial charge on any atom is 0.262 e. The average Bonchev–Trinajstić information content (AvgIpc) is 2.83. The number of rotatable bonds is 3. The lowest BCUT2D eigenvalue weighted by Crippen LogP contribution is -2.53. The normalized spacial score (nSPS) is 15.7. The summed E-state index contributed by atoms with van der Waals surface area (Å²) in [6.07, 6.45) is 1.35. The summed E-state index contributed by atoms with van der Waals surface area (Å²) in [5, 5.41) is 11.6. The molecule has 0 radical (unpaired) electrons. The van der Waals surface area contributed by atoms with Crippen LogP contribution in [-0.2, 0) is 11.3 Å². The van der Waals surface area contributed by atoms with Crippen molar-refractivity contribution in [3.05, 3.63) is 28.1 Å². The Morgan fingerprint density at radius 2 is 2.32 bits per heavy atom. The van der Waals surface area contributed by atoms with E-state index in [1.54, 1.807) is 11.0 Å². The fourth-order valence-electron chi connectivity index (χ4n) is 2.09. The number of carbonyl (C=O) groups excluding carboxylic acids is 1. The summed E-state index contributed by atoms with van der Waals surface area (Å²) in [5.41, 5.74) is -0.109. The number of aromatic nitrogens is 2. The Bertz CT molecular complexity index is 672. The van der Waals surface area contributed by atoms with Crippen LogP contribution in [0, 0.1) is 0 Å². The zero-order chi connectivity index (χ0) is 13.4. The quantitative estimate of drug-likeness (QED) is 0.861. The Morgan fingerprint density at radius 3 is 3.05 bits per heavy atom. The molecular formula is C12H13N3O3S. The van der Waals surface area contributed by atoms with E-state index in [1.165, 1.54) is 22.2 Å². The van der Waals surface area contributed by atoms with Gasteiger partial charge in [0.05, 0.1) is 17.8 Å². The second-order valence-corrected chi connectivity index (χ2v) is 5.48. The minimum absolute atomic E-state index is 0.0392. The average molecular weight is 279 g/mol. The van der Waals surface area contributed by atoms with E-state index in [2.05, 4.69) is 4.98 Å². The summed E-state index contributed by atoms with van der Waals surface area (Å²) < 4.78 is 1.46. The van der Waals surface area contributed by atoms with E-state index >= 15 is 0 Å². The molecule has 0 atom stereocenters. The number of hydrogen-bond acceptors (Lipinski definition) is 5. The number of thiophene rings is 1. The molecule has 1 saturated heterocycles. The van der Waals surface area contributed by atoms with Gasteiger partial charge in [0, 0.05) is 26.1 Å². The third kappa shape index (κ3) is 2.26. The standard InChI is InChI=1S/C12H13N3O3S/c16-8-5-15(6-8)10(17)1-3-14-7-13-11-9(12(14)18)2-4-19-11/h2,4,7-8,16H,1,3,5-6H2. The van der Waals surface area contributed by atoms with E-state index in [0.29, 0.717) is 25.0 Å². The van der Waals surface area contributed by atoms with E-state index in [0.717, 1.165) is 4.83 Å². The third-order valence-electron chi connectivity index (χ3n) is 3.23. The van der Waals surface area contributed by atoms with Gasteiger partial charge in [-0.15, -0.1) is 11.3 Å². The predicted molar refractivity (Wildman–Crippen MR) is 71.1 cm³/mol. The van der Waals surface area contributed by atoms with Crippen LogP contribution in [0.1, 0.15) is 6.42 Å². The number of aliphatic hydroxyl groups excluding tert-OH is 1. The van der Waals surface area contributed by atoms with Crippen molar-refractivity contribution < 1.29 is 9.90 Å². The summed E-state index contributed by atoms with van der Waals surface area (Å²) in [6.45, 7) is 1.12.